The highest BCUT2D eigenvalue weighted by molar-refractivity contribution is 5.85. The van der Waals surface area contributed by atoms with Crippen LogP contribution in [0, 0.1) is 5.92 Å². The molecule has 0 saturated heterocycles. The van der Waals surface area contributed by atoms with Crippen molar-refractivity contribution in [2.45, 2.75) is 37.3 Å². The Bertz CT molecular complexity index is 753. The predicted octanol–water partition coefficient (Wildman–Crippen LogP) is 4.81. The van der Waals surface area contributed by atoms with Crippen LogP contribution in [0.15, 0.2) is 48.5 Å². The van der Waals surface area contributed by atoms with Crippen LogP contribution in [0.3, 0.4) is 0 Å². The predicted molar refractivity (Wildman–Crippen MR) is 116 cm³/mol. The Hall–Kier alpha value is -1.75. The molecule has 0 aliphatic heterocycles. The summed E-state index contributed by atoms with van der Waals surface area (Å²) in [4.78, 5) is 2.23. The van der Waals surface area contributed by atoms with E-state index in [1.165, 1.54) is 5.56 Å². The van der Waals surface area contributed by atoms with Crippen molar-refractivity contribution in [1.82, 2.24) is 4.90 Å². The zero-order chi connectivity index (χ0) is 19.4. The van der Waals surface area contributed by atoms with E-state index >= 15 is 0 Å². The van der Waals surface area contributed by atoms with Gasteiger partial charge in [-0.2, -0.15) is 0 Å². The lowest BCUT2D eigenvalue weighted by Gasteiger charge is -2.47. The smallest absolute Gasteiger partial charge is 0.125 e. The molecule has 0 aromatic heterocycles. The quantitative estimate of drug-likeness (QED) is 0.749. The first-order valence-corrected chi connectivity index (χ1v) is 9.67. The molecule has 2 aromatic carbocycles. The highest BCUT2D eigenvalue weighted by atomic mass is 35.5. The van der Waals surface area contributed by atoms with Crippen molar-refractivity contribution in [3.63, 3.8) is 0 Å². The van der Waals surface area contributed by atoms with Gasteiger partial charge in [-0.1, -0.05) is 43.2 Å². The zero-order valence-electron chi connectivity index (χ0n) is 17.2. The summed E-state index contributed by atoms with van der Waals surface area (Å²) in [6, 6.07) is 16.3. The van der Waals surface area contributed by atoms with E-state index in [9.17, 15) is 5.11 Å². The second kappa shape index (κ2) is 9.64. The van der Waals surface area contributed by atoms with E-state index < -0.39 is 5.60 Å². The van der Waals surface area contributed by atoms with Gasteiger partial charge in [0.15, 0.2) is 0 Å². The molecule has 3 unspecified atom stereocenters. The monoisotopic (exact) mass is 405 g/mol. The number of halogens is 1. The lowest BCUT2D eigenvalue weighted by Crippen LogP contribution is -2.45. The molecular formula is C23H32ClNO3. The highest BCUT2D eigenvalue weighted by Crippen LogP contribution is 2.51. The molecule has 0 amide bonds. The first-order chi connectivity index (χ1) is 13.0. The van der Waals surface area contributed by atoms with E-state index in [4.69, 9.17) is 9.47 Å². The Morgan fingerprint density at radius 1 is 1.04 bits per heavy atom. The zero-order valence-corrected chi connectivity index (χ0v) is 18.0. The van der Waals surface area contributed by atoms with Crippen molar-refractivity contribution in [3.05, 3.63) is 59.7 Å². The van der Waals surface area contributed by atoms with E-state index in [0.29, 0.717) is 0 Å². The number of aliphatic hydroxyl groups is 1. The Kier molecular flexibility index (Phi) is 7.76. The van der Waals surface area contributed by atoms with Crippen molar-refractivity contribution in [2.24, 2.45) is 5.92 Å². The lowest BCUT2D eigenvalue weighted by molar-refractivity contribution is -0.0850. The summed E-state index contributed by atoms with van der Waals surface area (Å²) in [7, 11) is 7.50. The standard InChI is InChI=1S/C23H31NO3.ClH/c1-24(2)22(17-10-6-5-7-11-17)19-12-8-9-15-23(19,25)20-16-18(26-3)13-14-21(20)27-4;/h5-7,10-11,13-14,16,19,22,25H,8-9,12,15H2,1-4H3;1H. The maximum atomic E-state index is 12.1. The number of nitrogens with zero attached hydrogens (tertiary/aromatic N) is 1. The molecule has 154 valence electrons. The Morgan fingerprint density at radius 3 is 2.36 bits per heavy atom. The van der Waals surface area contributed by atoms with Crippen LogP contribution in [-0.4, -0.2) is 38.3 Å². The number of ether oxygens (including phenoxy) is 2. The molecule has 0 bridgehead atoms. The summed E-state index contributed by atoms with van der Waals surface area (Å²) in [6.07, 6.45) is 3.81. The second-order valence-electron chi connectivity index (χ2n) is 7.66. The minimum absolute atomic E-state index is 0. The molecule has 0 radical (unpaired) electrons. The normalized spacial score (nSPS) is 23.0. The fourth-order valence-corrected chi connectivity index (χ4v) is 4.63. The Labute approximate surface area is 174 Å². The van der Waals surface area contributed by atoms with Gasteiger partial charge in [-0.25, -0.2) is 0 Å². The summed E-state index contributed by atoms with van der Waals surface area (Å²) in [6.45, 7) is 0. The molecule has 1 aliphatic carbocycles. The van der Waals surface area contributed by atoms with Gasteiger partial charge in [-0.05, 0) is 50.7 Å². The summed E-state index contributed by atoms with van der Waals surface area (Å²) < 4.78 is 11.1. The average molecular weight is 406 g/mol. The molecule has 1 fully saturated rings. The number of methoxy groups -OCH3 is 2. The maximum absolute atomic E-state index is 12.1. The van der Waals surface area contributed by atoms with Crippen LogP contribution in [-0.2, 0) is 5.60 Å². The van der Waals surface area contributed by atoms with Gasteiger partial charge in [0.1, 0.15) is 11.5 Å². The SMILES string of the molecule is COc1ccc(OC)c(C2(O)CCCCC2C(c2ccccc2)N(C)C)c1.Cl. The molecule has 1 aliphatic rings. The number of hydrogen-bond acceptors (Lipinski definition) is 4. The van der Waals surface area contributed by atoms with Crippen LogP contribution >= 0.6 is 12.4 Å². The van der Waals surface area contributed by atoms with E-state index in [2.05, 4.69) is 43.3 Å². The average Bonchev–Trinajstić information content (AvgIpc) is 2.69. The molecule has 5 heteroatoms. The van der Waals surface area contributed by atoms with Gasteiger partial charge < -0.3 is 19.5 Å². The minimum atomic E-state index is -0.969. The van der Waals surface area contributed by atoms with Gasteiger partial charge in [0.25, 0.3) is 0 Å². The van der Waals surface area contributed by atoms with Gasteiger partial charge in [0.05, 0.1) is 19.8 Å². The molecule has 0 heterocycles. The number of hydrogen-bond donors (Lipinski definition) is 1. The number of benzene rings is 2. The van der Waals surface area contributed by atoms with Gasteiger partial charge in [-0.15, -0.1) is 12.4 Å². The molecule has 2 aromatic rings. The van der Waals surface area contributed by atoms with Gasteiger partial charge in [0, 0.05) is 17.5 Å². The van der Waals surface area contributed by atoms with Crippen molar-refractivity contribution in [1.29, 1.82) is 0 Å². The van der Waals surface area contributed by atoms with Crippen LogP contribution < -0.4 is 9.47 Å². The Morgan fingerprint density at radius 2 is 1.75 bits per heavy atom. The molecule has 4 nitrogen and oxygen atoms in total. The minimum Gasteiger partial charge on any atom is -0.497 e. The highest BCUT2D eigenvalue weighted by Gasteiger charge is 2.47. The number of rotatable bonds is 6. The summed E-state index contributed by atoms with van der Waals surface area (Å²) in [5.74, 6) is 1.52. The molecule has 3 rings (SSSR count). The van der Waals surface area contributed by atoms with E-state index in [1.54, 1.807) is 14.2 Å². The van der Waals surface area contributed by atoms with Crippen molar-refractivity contribution in [2.75, 3.05) is 28.3 Å². The molecule has 1 N–H and O–H groups in total. The van der Waals surface area contributed by atoms with Crippen LogP contribution in [0.5, 0.6) is 11.5 Å². The van der Waals surface area contributed by atoms with Gasteiger partial charge in [0.2, 0.25) is 0 Å². The second-order valence-corrected chi connectivity index (χ2v) is 7.66. The Balaban J connectivity index is 0.00000280. The van der Waals surface area contributed by atoms with Crippen LogP contribution in [0.1, 0.15) is 42.9 Å². The molecular weight excluding hydrogens is 374 g/mol. The lowest BCUT2D eigenvalue weighted by atomic mass is 9.66. The summed E-state index contributed by atoms with van der Waals surface area (Å²) in [5.41, 5.74) is 1.09. The van der Waals surface area contributed by atoms with Crippen LogP contribution in [0.4, 0.5) is 0 Å². The molecule has 3 atom stereocenters. The van der Waals surface area contributed by atoms with Crippen LogP contribution in [0.2, 0.25) is 0 Å². The van der Waals surface area contributed by atoms with E-state index in [0.717, 1.165) is 42.7 Å². The third-order valence-corrected chi connectivity index (χ3v) is 5.89. The fourth-order valence-electron chi connectivity index (χ4n) is 4.63. The largest absolute Gasteiger partial charge is 0.497 e. The van der Waals surface area contributed by atoms with Gasteiger partial charge in [-0.3, -0.25) is 0 Å². The van der Waals surface area contributed by atoms with Crippen molar-refractivity contribution >= 4 is 12.4 Å². The van der Waals surface area contributed by atoms with E-state index in [1.807, 2.05) is 24.3 Å². The molecule has 1 saturated carbocycles. The fraction of sp³-hybridized carbons (Fsp3) is 0.478. The summed E-state index contributed by atoms with van der Waals surface area (Å²) >= 11 is 0. The topological polar surface area (TPSA) is 41.9 Å². The van der Waals surface area contributed by atoms with Crippen molar-refractivity contribution in [3.8, 4) is 11.5 Å². The van der Waals surface area contributed by atoms with Crippen molar-refractivity contribution < 1.29 is 14.6 Å². The first-order valence-electron chi connectivity index (χ1n) is 9.67. The molecule has 0 spiro atoms. The maximum Gasteiger partial charge on any atom is 0.125 e. The third-order valence-electron chi connectivity index (χ3n) is 5.89. The summed E-state index contributed by atoms with van der Waals surface area (Å²) in [5, 5.41) is 12.1. The first kappa shape index (κ1) is 22.5. The molecule has 28 heavy (non-hydrogen) atoms. The third kappa shape index (κ3) is 4.29. The van der Waals surface area contributed by atoms with E-state index in [-0.39, 0.29) is 24.4 Å². The van der Waals surface area contributed by atoms with Crippen LogP contribution in [0.25, 0.3) is 0 Å². The van der Waals surface area contributed by atoms with Gasteiger partial charge >= 0.3 is 0 Å².